The van der Waals surface area contributed by atoms with Crippen LogP contribution in [0.1, 0.15) is 6.92 Å². The molecule has 2 saturated heterocycles. The van der Waals surface area contributed by atoms with Crippen LogP contribution < -0.4 is 5.32 Å². The van der Waals surface area contributed by atoms with Crippen LogP contribution in [0.2, 0.25) is 0 Å². The summed E-state index contributed by atoms with van der Waals surface area (Å²) in [7, 11) is 1.70. The fourth-order valence-corrected chi connectivity index (χ4v) is 1.94. The maximum Gasteiger partial charge on any atom is 0.176 e. The average Bonchev–Trinajstić information content (AvgIpc) is 2.45. The molecule has 2 aliphatic rings. The monoisotopic (exact) mass is 189 g/mol. The molecule has 3 N–H and O–H groups in total. The molecule has 2 aliphatic heterocycles. The van der Waals surface area contributed by atoms with E-state index in [2.05, 4.69) is 5.32 Å². The topological polar surface area (TPSA) is 71.0 Å². The Morgan fingerprint density at radius 3 is 2.77 bits per heavy atom. The van der Waals surface area contributed by atoms with Gasteiger partial charge in [0, 0.05) is 0 Å². The number of hydrogen-bond donors (Lipinski definition) is 3. The van der Waals surface area contributed by atoms with Gasteiger partial charge in [0.05, 0.1) is 12.6 Å². The molecule has 2 heterocycles. The van der Waals surface area contributed by atoms with E-state index >= 15 is 0 Å². The summed E-state index contributed by atoms with van der Waals surface area (Å²) in [5.74, 6) is 0. The van der Waals surface area contributed by atoms with Gasteiger partial charge in [-0.05, 0) is 14.0 Å². The van der Waals surface area contributed by atoms with Crippen LogP contribution in [0, 0.1) is 0 Å². The van der Waals surface area contributed by atoms with Crippen molar-refractivity contribution in [2.24, 2.45) is 0 Å². The van der Waals surface area contributed by atoms with Crippen LogP contribution in [0.5, 0.6) is 0 Å². The summed E-state index contributed by atoms with van der Waals surface area (Å²) in [5, 5.41) is 22.3. The summed E-state index contributed by atoms with van der Waals surface area (Å²) in [6.07, 6.45) is -2.19. The molecule has 0 unspecified atom stereocenters. The van der Waals surface area contributed by atoms with E-state index in [1.54, 1.807) is 14.0 Å². The van der Waals surface area contributed by atoms with Crippen molar-refractivity contribution in [3.63, 3.8) is 0 Å². The lowest BCUT2D eigenvalue weighted by molar-refractivity contribution is -0.217. The van der Waals surface area contributed by atoms with Crippen LogP contribution in [-0.2, 0) is 9.47 Å². The van der Waals surface area contributed by atoms with Crippen LogP contribution in [0.3, 0.4) is 0 Å². The Morgan fingerprint density at radius 1 is 1.46 bits per heavy atom. The Balaban J connectivity index is 2.23. The number of fused-ring (bicyclic) bond motifs is 2. The van der Waals surface area contributed by atoms with Gasteiger partial charge in [-0.2, -0.15) is 0 Å². The molecule has 0 aliphatic carbocycles. The van der Waals surface area contributed by atoms with Crippen molar-refractivity contribution in [2.45, 2.75) is 37.1 Å². The van der Waals surface area contributed by atoms with Gasteiger partial charge in [0.2, 0.25) is 0 Å². The fourth-order valence-electron chi connectivity index (χ4n) is 1.94. The van der Waals surface area contributed by atoms with Crippen LogP contribution in [-0.4, -0.2) is 54.0 Å². The summed E-state index contributed by atoms with van der Waals surface area (Å²) in [4.78, 5) is 0. The highest BCUT2D eigenvalue weighted by Crippen LogP contribution is 2.36. The third-order valence-corrected chi connectivity index (χ3v) is 2.86. The van der Waals surface area contributed by atoms with Crippen molar-refractivity contribution in [2.75, 3.05) is 13.7 Å². The second kappa shape index (κ2) is 2.90. The van der Waals surface area contributed by atoms with Gasteiger partial charge in [-0.3, -0.25) is 0 Å². The standard InChI is InChI=1S/C8H15NO4/c1-8-3-12-7(13-8)4(9-2)5(10)6(8)11/h4-7,9-11H,3H2,1-2H3/t4-,5+,6+,7-,8-/m0/s1. The number of ether oxygens (including phenoxy) is 2. The maximum atomic E-state index is 9.73. The lowest BCUT2D eigenvalue weighted by Crippen LogP contribution is -2.62. The fraction of sp³-hybridized carbons (Fsp3) is 1.00. The highest BCUT2D eigenvalue weighted by molar-refractivity contribution is 5.03. The number of likely N-dealkylation sites (N-methyl/N-ethyl adjacent to an activating group) is 1. The number of aliphatic hydroxyl groups excluding tert-OH is 2. The summed E-state index contributed by atoms with van der Waals surface area (Å²) in [5.41, 5.74) is -0.753. The molecule has 0 aromatic heterocycles. The molecule has 76 valence electrons. The van der Waals surface area contributed by atoms with Crippen LogP contribution in [0.25, 0.3) is 0 Å². The number of rotatable bonds is 1. The highest BCUT2D eigenvalue weighted by atomic mass is 16.7. The van der Waals surface area contributed by atoms with Gasteiger partial charge in [-0.15, -0.1) is 0 Å². The first kappa shape index (κ1) is 9.36. The molecule has 2 bridgehead atoms. The van der Waals surface area contributed by atoms with Crippen molar-refractivity contribution in [3.8, 4) is 0 Å². The highest BCUT2D eigenvalue weighted by Gasteiger charge is 2.56. The number of hydrogen-bond acceptors (Lipinski definition) is 5. The van der Waals surface area contributed by atoms with Crippen LogP contribution >= 0.6 is 0 Å². The van der Waals surface area contributed by atoms with E-state index in [4.69, 9.17) is 9.47 Å². The van der Waals surface area contributed by atoms with Gasteiger partial charge in [0.15, 0.2) is 6.29 Å². The first-order valence-electron chi connectivity index (χ1n) is 4.41. The smallest absolute Gasteiger partial charge is 0.176 e. The molecule has 0 saturated carbocycles. The van der Waals surface area contributed by atoms with E-state index in [9.17, 15) is 10.2 Å². The minimum absolute atomic E-state index is 0.327. The molecular weight excluding hydrogens is 174 g/mol. The van der Waals surface area contributed by atoms with Gasteiger partial charge < -0.3 is 25.0 Å². The second-order valence-electron chi connectivity index (χ2n) is 3.86. The molecule has 0 aromatic rings. The minimum atomic E-state index is -0.899. The average molecular weight is 189 g/mol. The van der Waals surface area contributed by atoms with Gasteiger partial charge in [-0.25, -0.2) is 0 Å². The van der Waals surface area contributed by atoms with E-state index in [-0.39, 0.29) is 6.04 Å². The van der Waals surface area contributed by atoms with E-state index in [1.165, 1.54) is 0 Å². The van der Waals surface area contributed by atoms with Gasteiger partial charge >= 0.3 is 0 Å². The summed E-state index contributed by atoms with van der Waals surface area (Å²) >= 11 is 0. The number of nitrogens with one attached hydrogen (secondary N) is 1. The third kappa shape index (κ3) is 1.19. The van der Waals surface area contributed by atoms with E-state index in [1.807, 2.05) is 0 Å². The largest absolute Gasteiger partial charge is 0.388 e. The quantitative estimate of drug-likeness (QED) is 0.465. The molecule has 2 fully saturated rings. The van der Waals surface area contributed by atoms with Crippen LogP contribution in [0.15, 0.2) is 0 Å². The van der Waals surface area contributed by atoms with Crippen molar-refractivity contribution in [1.82, 2.24) is 5.32 Å². The second-order valence-corrected chi connectivity index (χ2v) is 3.86. The van der Waals surface area contributed by atoms with Crippen molar-refractivity contribution in [3.05, 3.63) is 0 Å². The Kier molecular flexibility index (Phi) is 2.08. The predicted molar refractivity (Wildman–Crippen MR) is 44.1 cm³/mol. The molecule has 0 radical (unpaired) electrons. The third-order valence-electron chi connectivity index (χ3n) is 2.86. The van der Waals surface area contributed by atoms with E-state index in [0.717, 1.165) is 0 Å². The SMILES string of the molecule is CN[C@@H]1[C@H]2OC[C@](C)(O2)[C@H](O)[C@@H]1O. The summed E-state index contributed by atoms with van der Waals surface area (Å²) in [6.45, 7) is 2.07. The van der Waals surface area contributed by atoms with Crippen molar-refractivity contribution in [1.29, 1.82) is 0 Å². The normalized spacial score (nSPS) is 55.4. The number of aliphatic hydroxyl groups is 2. The van der Waals surface area contributed by atoms with E-state index in [0.29, 0.717) is 6.61 Å². The summed E-state index contributed by atoms with van der Waals surface area (Å²) < 4.78 is 10.8. The van der Waals surface area contributed by atoms with E-state index < -0.39 is 24.1 Å². The molecule has 0 spiro atoms. The Hall–Kier alpha value is -0.200. The van der Waals surface area contributed by atoms with Crippen molar-refractivity contribution < 1.29 is 19.7 Å². The molecule has 0 amide bonds. The zero-order chi connectivity index (χ0) is 9.64. The molecule has 2 rings (SSSR count). The molecule has 5 atom stereocenters. The van der Waals surface area contributed by atoms with Crippen LogP contribution in [0.4, 0.5) is 0 Å². The molecule has 0 aromatic carbocycles. The minimum Gasteiger partial charge on any atom is -0.388 e. The molecular formula is C8H15NO4. The molecule has 5 nitrogen and oxygen atoms in total. The summed E-state index contributed by atoms with van der Waals surface area (Å²) in [6, 6.07) is -0.356. The molecule has 5 heteroatoms. The van der Waals surface area contributed by atoms with Gasteiger partial charge in [0.1, 0.15) is 17.8 Å². The van der Waals surface area contributed by atoms with Gasteiger partial charge in [0.25, 0.3) is 0 Å². The molecule has 13 heavy (non-hydrogen) atoms. The Bertz CT molecular complexity index is 210. The maximum absolute atomic E-state index is 9.73. The first-order valence-corrected chi connectivity index (χ1v) is 4.41. The Morgan fingerprint density at radius 2 is 2.15 bits per heavy atom. The van der Waals surface area contributed by atoms with Gasteiger partial charge in [-0.1, -0.05) is 0 Å². The van der Waals surface area contributed by atoms with Crippen molar-refractivity contribution >= 4 is 0 Å². The lowest BCUT2D eigenvalue weighted by atomic mass is 9.89. The Labute approximate surface area is 76.6 Å². The predicted octanol–water partition coefficient (Wildman–Crippen LogP) is -1.56. The zero-order valence-electron chi connectivity index (χ0n) is 7.73. The lowest BCUT2D eigenvalue weighted by Gasteiger charge is -2.40. The zero-order valence-corrected chi connectivity index (χ0v) is 7.73. The first-order chi connectivity index (χ1) is 6.08.